The smallest absolute Gasteiger partial charge is 0.177 e. The van der Waals surface area contributed by atoms with Crippen LogP contribution in [0.5, 0.6) is 0 Å². The van der Waals surface area contributed by atoms with Crippen LogP contribution >= 0.6 is 0 Å². The second-order valence-corrected chi connectivity index (χ2v) is 3.14. The van der Waals surface area contributed by atoms with E-state index in [4.69, 9.17) is 0 Å². The molecule has 0 aromatic carbocycles. The fraction of sp³-hybridized carbons (Fsp3) is 0.444. The van der Waals surface area contributed by atoms with Gasteiger partial charge in [0.1, 0.15) is 0 Å². The fourth-order valence-electron chi connectivity index (χ4n) is 1.27. The predicted molar refractivity (Wildman–Crippen MR) is 52.9 cm³/mol. The summed E-state index contributed by atoms with van der Waals surface area (Å²) in [6.45, 7) is 5.63. The van der Waals surface area contributed by atoms with Gasteiger partial charge in [0.25, 0.3) is 0 Å². The highest BCUT2D eigenvalue weighted by Crippen LogP contribution is 2.02. The van der Waals surface area contributed by atoms with Crippen molar-refractivity contribution in [2.75, 3.05) is 6.54 Å². The van der Waals surface area contributed by atoms with Gasteiger partial charge in [0.05, 0.1) is 12.2 Å². The molecule has 2 heterocycles. The number of aromatic nitrogens is 4. The molecule has 5 heteroatoms. The Morgan fingerprint density at radius 3 is 3.00 bits per heavy atom. The van der Waals surface area contributed by atoms with Crippen molar-refractivity contribution in [1.29, 1.82) is 0 Å². The average Bonchev–Trinajstić information content (AvgIpc) is 2.57. The Balaban J connectivity index is 2.40. The third kappa shape index (κ3) is 1.58. The van der Waals surface area contributed by atoms with Gasteiger partial charge < -0.3 is 5.32 Å². The van der Waals surface area contributed by atoms with E-state index in [-0.39, 0.29) is 0 Å². The Hall–Kier alpha value is -1.49. The molecule has 14 heavy (non-hydrogen) atoms. The van der Waals surface area contributed by atoms with Gasteiger partial charge >= 0.3 is 0 Å². The van der Waals surface area contributed by atoms with Crippen molar-refractivity contribution >= 4 is 5.65 Å². The van der Waals surface area contributed by atoms with Crippen LogP contribution in [-0.4, -0.2) is 26.4 Å². The summed E-state index contributed by atoms with van der Waals surface area (Å²) in [6.07, 6.45) is 0. The van der Waals surface area contributed by atoms with Gasteiger partial charge in [-0.3, -0.25) is 0 Å². The predicted octanol–water partition coefficient (Wildman–Crippen LogP) is 0.542. The van der Waals surface area contributed by atoms with Crippen LogP contribution in [0.3, 0.4) is 0 Å². The second-order valence-electron chi connectivity index (χ2n) is 3.14. The first-order valence-electron chi connectivity index (χ1n) is 4.70. The van der Waals surface area contributed by atoms with Crippen molar-refractivity contribution in [3.05, 3.63) is 23.7 Å². The normalized spacial score (nSPS) is 11.0. The topological polar surface area (TPSA) is 55.1 Å². The van der Waals surface area contributed by atoms with Crippen molar-refractivity contribution in [3.63, 3.8) is 0 Å². The van der Waals surface area contributed by atoms with E-state index in [1.165, 1.54) is 0 Å². The van der Waals surface area contributed by atoms with E-state index >= 15 is 0 Å². The van der Waals surface area contributed by atoms with E-state index in [1.807, 2.05) is 19.1 Å². The van der Waals surface area contributed by atoms with Gasteiger partial charge in [0.15, 0.2) is 11.5 Å². The number of rotatable bonds is 3. The molecule has 0 spiro atoms. The zero-order valence-electron chi connectivity index (χ0n) is 8.36. The number of hydrogen-bond donors (Lipinski definition) is 1. The molecular weight excluding hydrogens is 178 g/mol. The van der Waals surface area contributed by atoms with E-state index in [0.717, 1.165) is 23.7 Å². The first kappa shape index (κ1) is 9.08. The molecule has 2 aromatic heterocycles. The molecule has 2 rings (SSSR count). The molecule has 74 valence electrons. The maximum absolute atomic E-state index is 4.34. The second kappa shape index (κ2) is 3.71. The number of fused-ring (bicyclic) bond motifs is 1. The summed E-state index contributed by atoms with van der Waals surface area (Å²) < 4.78 is 1.78. The minimum atomic E-state index is 0.702. The van der Waals surface area contributed by atoms with E-state index in [1.54, 1.807) is 4.52 Å². The van der Waals surface area contributed by atoms with Gasteiger partial charge in [0, 0.05) is 0 Å². The Kier molecular flexibility index (Phi) is 2.41. The molecule has 0 aliphatic heterocycles. The van der Waals surface area contributed by atoms with E-state index in [0.29, 0.717) is 6.54 Å². The van der Waals surface area contributed by atoms with Crippen molar-refractivity contribution in [3.8, 4) is 0 Å². The Morgan fingerprint density at radius 1 is 1.36 bits per heavy atom. The minimum absolute atomic E-state index is 0.702. The Bertz CT molecular complexity index is 434. The highest BCUT2D eigenvalue weighted by atomic mass is 15.4. The summed E-state index contributed by atoms with van der Waals surface area (Å²) in [4.78, 5) is 0. The third-order valence-corrected chi connectivity index (χ3v) is 1.99. The molecule has 0 fully saturated rings. The molecular formula is C9H13N5. The molecule has 0 unspecified atom stereocenters. The Labute approximate surface area is 82.2 Å². The van der Waals surface area contributed by atoms with Crippen LogP contribution in [0.2, 0.25) is 0 Å². The summed E-state index contributed by atoms with van der Waals surface area (Å²) >= 11 is 0. The molecule has 0 bridgehead atoms. The maximum Gasteiger partial charge on any atom is 0.177 e. The van der Waals surface area contributed by atoms with E-state index < -0.39 is 0 Å². The average molecular weight is 191 g/mol. The maximum atomic E-state index is 4.34. The molecule has 1 N–H and O–H groups in total. The largest absolute Gasteiger partial charge is 0.310 e. The van der Waals surface area contributed by atoms with Gasteiger partial charge in [-0.25, -0.2) is 0 Å². The van der Waals surface area contributed by atoms with Crippen LogP contribution in [0.15, 0.2) is 12.1 Å². The van der Waals surface area contributed by atoms with Gasteiger partial charge in [0.2, 0.25) is 0 Å². The lowest BCUT2D eigenvalue weighted by Gasteiger charge is -1.99. The third-order valence-electron chi connectivity index (χ3n) is 1.99. The summed E-state index contributed by atoms with van der Waals surface area (Å²) in [5.74, 6) is 0.852. The zero-order chi connectivity index (χ0) is 9.97. The molecule has 0 saturated heterocycles. The highest BCUT2D eigenvalue weighted by Gasteiger charge is 2.04. The van der Waals surface area contributed by atoms with Gasteiger partial charge in [-0.15, -0.1) is 10.2 Å². The van der Waals surface area contributed by atoms with Crippen molar-refractivity contribution in [2.24, 2.45) is 0 Å². The lowest BCUT2D eigenvalue weighted by molar-refractivity contribution is 0.664. The van der Waals surface area contributed by atoms with Crippen LogP contribution in [-0.2, 0) is 6.54 Å². The van der Waals surface area contributed by atoms with E-state index in [2.05, 4.69) is 27.5 Å². The lowest BCUT2D eigenvalue weighted by Crippen LogP contribution is -2.15. The molecule has 0 aliphatic carbocycles. The van der Waals surface area contributed by atoms with Crippen molar-refractivity contribution in [2.45, 2.75) is 20.4 Å². The monoisotopic (exact) mass is 191 g/mol. The summed E-state index contributed by atoms with van der Waals surface area (Å²) in [5, 5.41) is 15.6. The van der Waals surface area contributed by atoms with Gasteiger partial charge in [-0.05, 0) is 25.6 Å². The van der Waals surface area contributed by atoms with Crippen LogP contribution in [0.1, 0.15) is 18.4 Å². The van der Waals surface area contributed by atoms with Crippen LogP contribution in [0.25, 0.3) is 5.65 Å². The van der Waals surface area contributed by atoms with Crippen molar-refractivity contribution in [1.82, 2.24) is 25.1 Å². The summed E-state index contributed by atoms with van der Waals surface area (Å²) in [5.41, 5.74) is 1.76. The lowest BCUT2D eigenvalue weighted by atomic mass is 10.4. The quantitative estimate of drug-likeness (QED) is 0.769. The molecule has 5 nitrogen and oxygen atoms in total. The van der Waals surface area contributed by atoms with Crippen molar-refractivity contribution < 1.29 is 0 Å². The number of nitrogens with zero attached hydrogens (tertiary/aromatic N) is 4. The molecule has 0 atom stereocenters. The van der Waals surface area contributed by atoms with E-state index in [9.17, 15) is 0 Å². The molecule has 0 saturated carbocycles. The standard InChI is InChI=1S/C9H13N5/c1-3-10-6-9-12-11-8-5-4-7(2)13-14(8)9/h4-5,10H,3,6H2,1-2H3. The molecule has 2 aromatic rings. The molecule has 0 radical (unpaired) electrons. The Morgan fingerprint density at radius 2 is 2.21 bits per heavy atom. The SMILES string of the molecule is CCNCc1nnc2ccc(C)nn12. The zero-order valence-corrected chi connectivity index (χ0v) is 8.36. The van der Waals surface area contributed by atoms with Gasteiger partial charge in [-0.1, -0.05) is 6.92 Å². The van der Waals surface area contributed by atoms with Crippen LogP contribution in [0.4, 0.5) is 0 Å². The minimum Gasteiger partial charge on any atom is -0.310 e. The number of aryl methyl sites for hydroxylation is 1. The van der Waals surface area contributed by atoms with Crippen LogP contribution < -0.4 is 5.32 Å². The number of nitrogens with one attached hydrogen (secondary N) is 1. The first-order chi connectivity index (χ1) is 6.81. The molecule has 0 amide bonds. The number of hydrogen-bond acceptors (Lipinski definition) is 4. The first-order valence-corrected chi connectivity index (χ1v) is 4.70. The van der Waals surface area contributed by atoms with Gasteiger partial charge in [-0.2, -0.15) is 9.61 Å². The highest BCUT2D eigenvalue weighted by molar-refractivity contribution is 5.35. The summed E-state index contributed by atoms with van der Waals surface area (Å²) in [6, 6.07) is 3.85. The molecule has 0 aliphatic rings. The van der Waals surface area contributed by atoms with Crippen LogP contribution in [0, 0.1) is 6.92 Å². The fourth-order valence-corrected chi connectivity index (χ4v) is 1.27. The summed E-state index contributed by atoms with van der Waals surface area (Å²) in [7, 11) is 0.